The third kappa shape index (κ3) is 4.95. The van der Waals surface area contributed by atoms with Gasteiger partial charge < -0.3 is 10.2 Å². The quantitative estimate of drug-likeness (QED) is 0.554. The lowest BCUT2D eigenvalue weighted by molar-refractivity contribution is 0.316. The Hall–Kier alpha value is -2.42. The van der Waals surface area contributed by atoms with E-state index in [9.17, 15) is 8.42 Å². The summed E-state index contributed by atoms with van der Waals surface area (Å²) in [6, 6.07) is 16.8. The molecule has 0 fully saturated rings. The molecule has 0 amide bonds. The van der Waals surface area contributed by atoms with Crippen LogP contribution in [0.15, 0.2) is 71.1 Å². The monoisotopic (exact) mass is 430 g/mol. The molecule has 8 heteroatoms. The van der Waals surface area contributed by atoms with E-state index in [0.717, 1.165) is 0 Å². The normalized spacial score (nSPS) is 12.7. The Labute approximate surface area is 176 Å². The Balaban J connectivity index is 1.74. The second-order valence-corrected chi connectivity index (χ2v) is 9.60. The lowest BCUT2D eigenvalue weighted by Gasteiger charge is -2.24. The Bertz CT molecular complexity index is 989. The molecule has 0 saturated heterocycles. The fourth-order valence-electron chi connectivity index (χ4n) is 3.07. The van der Waals surface area contributed by atoms with Crippen LogP contribution in [-0.4, -0.2) is 45.5 Å². The molecule has 3 aromatic rings. The molecule has 6 nitrogen and oxygen atoms in total. The third-order valence-electron chi connectivity index (χ3n) is 4.63. The zero-order chi connectivity index (χ0) is 20.9. The molecule has 0 spiro atoms. The van der Waals surface area contributed by atoms with Crippen molar-refractivity contribution in [3.63, 3.8) is 0 Å². The van der Waals surface area contributed by atoms with Crippen LogP contribution in [0.4, 0.5) is 11.5 Å². The van der Waals surface area contributed by atoms with Crippen molar-refractivity contribution in [1.82, 2.24) is 9.88 Å². The summed E-state index contributed by atoms with van der Waals surface area (Å²) >= 11 is 1.72. The topological polar surface area (TPSA) is 65.5 Å². The van der Waals surface area contributed by atoms with Crippen LogP contribution < -0.4 is 9.62 Å². The number of pyridine rings is 1. The minimum Gasteiger partial charge on any atom is -0.368 e. The van der Waals surface area contributed by atoms with Gasteiger partial charge in [0.1, 0.15) is 10.7 Å². The van der Waals surface area contributed by atoms with Gasteiger partial charge in [-0.3, -0.25) is 4.31 Å². The van der Waals surface area contributed by atoms with Gasteiger partial charge in [-0.1, -0.05) is 24.3 Å². The summed E-state index contributed by atoms with van der Waals surface area (Å²) in [7, 11) is 0.415. The third-order valence-corrected chi connectivity index (χ3v) is 7.49. The number of thiophene rings is 1. The van der Waals surface area contributed by atoms with E-state index >= 15 is 0 Å². The van der Waals surface area contributed by atoms with Crippen LogP contribution in [0.3, 0.4) is 0 Å². The van der Waals surface area contributed by atoms with Crippen molar-refractivity contribution in [3.8, 4) is 0 Å². The highest BCUT2D eigenvalue weighted by Gasteiger charge is 2.24. The van der Waals surface area contributed by atoms with Crippen LogP contribution in [0, 0.1) is 0 Å². The Kier molecular flexibility index (Phi) is 6.89. The van der Waals surface area contributed by atoms with Gasteiger partial charge in [-0.05, 0) is 56.7 Å². The standard InChI is InChI=1S/C21H26N4O2S2/c1-4-25(17-9-6-5-7-10-17)29(26,27)18-12-13-21(22-15-18)23-16-19(24(2)3)20-11-8-14-28-20/h5-15,19H,4,16H2,1-3H3,(H,22,23). The maximum Gasteiger partial charge on any atom is 0.265 e. The molecule has 1 aromatic carbocycles. The maximum atomic E-state index is 13.0. The lowest BCUT2D eigenvalue weighted by atomic mass is 10.2. The van der Waals surface area contributed by atoms with Crippen molar-refractivity contribution in [1.29, 1.82) is 0 Å². The molecule has 0 bridgehead atoms. The molecule has 1 atom stereocenters. The van der Waals surface area contributed by atoms with Crippen molar-refractivity contribution >= 4 is 32.9 Å². The van der Waals surface area contributed by atoms with E-state index in [1.807, 2.05) is 45.3 Å². The molecule has 0 aliphatic rings. The number of benzene rings is 1. The van der Waals surface area contributed by atoms with Crippen molar-refractivity contribution < 1.29 is 8.42 Å². The van der Waals surface area contributed by atoms with Crippen LogP contribution >= 0.6 is 11.3 Å². The predicted molar refractivity (Wildman–Crippen MR) is 120 cm³/mol. The molecular weight excluding hydrogens is 404 g/mol. The zero-order valence-corrected chi connectivity index (χ0v) is 18.5. The number of sulfonamides is 1. The number of hydrogen-bond donors (Lipinski definition) is 1. The van der Waals surface area contributed by atoms with Gasteiger partial charge in [-0.15, -0.1) is 11.3 Å². The SMILES string of the molecule is CCN(c1ccccc1)S(=O)(=O)c1ccc(NCC(c2cccs2)N(C)C)nc1. The Morgan fingerprint density at radius 3 is 2.38 bits per heavy atom. The molecule has 2 heterocycles. The highest BCUT2D eigenvalue weighted by Crippen LogP contribution is 2.25. The van der Waals surface area contributed by atoms with Crippen LogP contribution in [-0.2, 0) is 10.0 Å². The van der Waals surface area contributed by atoms with E-state index in [0.29, 0.717) is 24.6 Å². The Morgan fingerprint density at radius 2 is 1.83 bits per heavy atom. The van der Waals surface area contributed by atoms with Gasteiger partial charge in [-0.2, -0.15) is 0 Å². The number of rotatable bonds is 9. The highest BCUT2D eigenvalue weighted by molar-refractivity contribution is 7.92. The maximum absolute atomic E-state index is 13.0. The minimum absolute atomic E-state index is 0.177. The first kappa shape index (κ1) is 21.3. The smallest absolute Gasteiger partial charge is 0.265 e. The van der Waals surface area contributed by atoms with Gasteiger partial charge in [0.25, 0.3) is 10.0 Å². The molecule has 0 aliphatic heterocycles. The summed E-state index contributed by atoms with van der Waals surface area (Å²) in [6.07, 6.45) is 1.42. The Morgan fingerprint density at radius 1 is 1.07 bits per heavy atom. The van der Waals surface area contributed by atoms with Crippen LogP contribution in [0.25, 0.3) is 0 Å². The second kappa shape index (κ2) is 9.39. The van der Waals surface area contributed by atoms with E-state index < -0.39 is 10.0 Å². The number of nitrogens with zero attached hydrogens (tertiary/aromatic N) is 3. The number of likely N-dealkylation sites (N-methyl/N-ethyl adjacent to an activating group) is 1. The number of anilines is 2. The van der Waals surface area contributed by atoms with Gasteiger partial charge in [0.05, 0.1) is 11.7 Å². The average molecular weight is 431 g/mol. The number of aromatic nitrogens is 1. The molecule has 0 saturated carbocycles. The highest BCUT2D eigenvalue weighted by atomic mass is 32.2. The average Bonchev–Trinajstić information content (AvgIpc) is 3.24. The van der Waals surface area contributed by atoms with Crippen LogP contribution in [0.2, 0.25) is 0 Å². The van der Waals surface area contributed by atoms with Gasteiger partial charge in [-0.25, -0.2) is 13.4 Å². The summed E-state index contributed by atoms with van der Waals surface area (Å²) < 4.78 is 27.5. The first-order valence-corrected chi connectivity index (χ1v) is 11.7. The molecule has 1 N–H and O–H groups in total. The minimum atomic E-state index is -3.66. The van der Waals surface area contributed by atoms with E-state index in [-0.39, 0.29) is 10.9 Å². The first-order valence-electron chi connectivity index (χ1n) is 9.41. The largest absolute Gasteiger partial charge is 0.368 e. The molecule has 2 aromatic heterocycles. The summed E-state index contributed by atoms with van der Waals surface area (Å²) in [5.74, 6) is 0.648. The number of nitrogens with one attached hydrogen (secondary N) is 1. The molecule has 3 rings (SSSR count). The van der Waals surface area contributed by atoms with Crippen LogP contribution in [0.5, 0.6) is 0 Å². The van der Waals surface area contributed by atoms with Crippen molar-refractivity contribution in [2.45, 2.75) is 17.9 Å². The fraction of sp³-hybridized carbons (Fsp3) is 0.286. The number of para-hydroxylation sites is 1. The summed E-state index contributed by atoms with van der Waals surface area (Å²) in [5, 5.41) is 5.38. The molecule has 0 radical (unpaired) electrons. The summed E-state index contributed by atoms with van der Waals surface area (Å²) in [6.45, 7) is 2.84. The van der Waals surface area contributed by atoms with Gasteiger partial charge in [0.15, 0.2) is 0 Å². The van der Waals surface area contributed by atoms with Gasteiger partial charge in [0, 0.05) is 24.2 Å². The lowest BCUT2D eigenvalue weighted by Crippen LogP contribution is -2.30. The molecule has 154 valence electrons. The molecule has 0 aliphatic carbocycles. The van der Waals surface area contributed by atoms with Gasteiger partial charge in [0.2, 0.25) is 0 Å². The van der Waals surface area contributed by atoms with Gasteiger partial charge >= 0.3 is 0 Å². The van der Waals surface area contributed by atoms with Crippen LogP contribution in [0.1, 0.15) is 17.8 Å². The van der Waals surface area contributed by atoms with E-state index in [2.05, 4.69) is 26.6 Å². The van der Waals surface area contributed by atoms with E-state index in [4.69, 9.17) is 0 Å². The van der Waals surface area contributed by atoms with Crippen molar-refractivity contribution in [3.05, 3.63) is 71.1 Å². The fourth-order valence-corrected chi connectivity index (χ4v) is 5.41. The summed E-state index contributed by atoms with van der Waals surface area (Å²) in [4.78, 5) is 7.93. The molecule has 1 unspecified atom stereocenters. The van der Waals surface area contributed by atoms with Crippen molar-refractivity contribution in [2.75, 3.05) is 36.8 Å². The number of hydrogen-bond acceptors (Lipinski definition) is 6. The molecule has 29 heavy (non-hydrogen) atoms. The van der Waals surface area contributed by atoms with E-state index in [1.165, 1.54) is 15.4 Å². The summed E-state index contributed by atoms with van der Waals surface area (Å²) in [5.41, 5.74) is 0.641. The van der Waals surface area contributed by atoms with Crippen molar-refractivity contribution in [2.24, 2.45) is 0 Å². The zero-order valence-electron chi connectivity index (χ0n) is 16.8. The molecular formula is C21H26N4O2S2. The predicted octanol–water partition coefficient (Wildman–Crippen LogP) is 4.07. The first-order chi connectivity index (χ1) is 13.9. The van der Waals surface area contributed by atoms with E-state index in [1.54, 1.807) is 35.6 Å². The second-order valence-electron chi connectivity index (χ2n) is 6.76.